The molecule has 12 heavy (non-hydrogen) atoms. The topological polar surface area (TPSA) is 44.5 Å². The maximum absolute atomic E-state index is 5.88. The highest BCUT2D eigenvalue weighted by atomic mass is 16.7. The molecule has 2 N–H and O–H groups in total. The van der Waals surface area contributed by atoms with Crippen molar-refractivity contribution in [3.63, 3.8) is 0 Å². The Hall–Kier alpha value is -0.120. The van der Waals surface area contributed by atoms with Crippen molar-refractivity contribution in [3.8, 4) is 0 Å². The summed E-state index contributed by atoms with van der Waals surface area (Å²) in [5.41, 5.74) is 5.88. The molecule has 3 heteroatoms. The number of nitrogens with two attached hydrogens (primary N) is 1. The summed E-state index contributed by atoms with van der Waals surface area (Å²) >= 11 is 0. The van der Waals surface area contributed by atoms with Gasteiger partial charge in [-0.05, 0) is 19.8 Å². The summed E-state index contributed by atoms with van der Waals surface area (Å²) in [5, 5.41) is 0. The molecule has 0 spiro atoms. The van der Waals surface area contributed by atoms with Gasteiger partial charge in [0.15, 0.2) is 6.29 Å². The first-order chi connectivity index (χ1) is 5.63. The molecule has 74 valence electrons. The minimum atomic E-state index is -0.250. The predicted molar refractivity (Wildman–Crippen MR) is 49.9 cm³/mol. The van der Waals surface area contributed by atoms with Gasteiger partial charge in [-0.3, -0.25) is 0 Å². The molecule has 3 nitrogen and oxygen atoms in total. The molecule has 0 bridgehead atoms. The Balaban J connectivity index is 3.89. The van der Waals surface area contributed by atoms with Crippen LogP contribution in [0.5, 0.6) is 0 Å². The Kier molecular flexibility index (Phi) is 6.34. The molecular formula is C9H21NO2. The van der Waals surface area contributed by atoms with Crippen LogP contribution in [-0.4, -0.2) is 25.5 Å². The van der Waals surface area contributed by atoms with E-state index in [2.05, 4.69) is 13.8 Å². The minimum absolute atomic E-state index is 0.0371. The fourth-order valence-electron chi connectivity index (χ4n) is 0.913. The molecule has 0 aliphatic rings. The van der Waals surface area contributed by atoms with Crippen molar-refractivity contribution in [2.24, 2.45) is 11.7 Å². The van der Waals surface area contributed by atoms with E-state index in [4.69, 9.17) is 15.2 Å². The summed E-state index contributed by atoms with van der Waals surface area (Å²) in [6.45, 7) is 9.31. The first-order valence-corrected chi connectivity index (χ1v) is 4.62. The average molecular weight is 175 g/mol. The lowest BCUT2D eigenvalue weighted by Gasteiger charge is -2.25. The van der Waals surface area contributed by atoms with Crippen LogP contribution >= 0.6 is 0 Å². The van der Waals surface area contributed by atoms with Crippen LogP contribution in [0.15, 0.2) is 0 Å². The van der Waals surface area contributed by atoms with E-state index in [-0.39, 0.29) is 12.3 Å². The van der Waals surface area contributed by atoms with Crippen molar-refractivity contribution in [3.05, 3.63) is 0 Å². The van der Waals surface area contributed by atoms with Crippen LogP contribution in [0.25, 0.3) is 0 Å². The summed E-state index contributed by atoms with van der Waals surface area (Å²) < 4.78 is 10.7. The monoisotopic (exact) mass is 175 g/mol. The lowest BCUT2D eigenvalue weighted by molar-refractivity contribution is -0.154. The zero-order chi connectivity index (χ0) is 9.56. The number of hydrogen-bond donors (Lipinski definition) is 1. The van der Waals surface area contributed by atoms with Crippen LogP contribution in [0.4, 0.5) is 0 Å². The zero-order valence-corrected chi connectivity index (χ0v) is 8.54. The highest BCUT2D eigenvalue weighted by molar-refractivity contribution is 4.69. The number of hydrogen-bond acceptors (Lipinski definition) is 3. The van der Waals surface area contributed by atoms with Crippen LogP contribution in [0.1, 0.15) is 27.7 Å². The Morgan fingerprint density at radius 1 is 1.08 bits per heavy atom. The third kappa shape index (κ3) is 4.04. The highest BCUT2D eigenvalue weighted by Gasteiger charge is 2.20. The molecule has 0 aliphatic heterocycles. The van der Waals surface area contributed by atoms with E-state index in [1.807, 2.05) is 13.8 Å². The minimum Gasteiger partial charge on any atom is -0.351 e. The van der Waals surface area contributed by atoms with Gasteiger partial charge in [0.05, 0.1) is 6.04 Å². The van der Waals surface area contributed by atoms with Crippen LogP contribution in [-0.2, 0) is 9.47 Å². The van der Waals surface area contributed by atoms with Gasteiger partial charge >= 0.3 is 0 Å². The lowest BCUT2D eigenvalue weighted by Crippen LogP contribution is -2.42. The smallest absolute Gasteiger partial charge is 0.172 e. The summed E-state index contributed by atoms with van der Waals surface area (Å²) in [5.74, 6) is 0.382. The zero-order valence-electron chi connectivity index (χ0n) is 8.54. The second-order valence-electron chi connectivity index (χ2n) is 3.10. The molecule has 0 fully saturated rings. The van der Waals surface area contributed by atoms with Gasteiger partial charge in [0.2, 0.25) is 0 Å². The Bertz CT molecular complexity index is 101. The van der Waals surface area contributed by atoms with Crippen molar-refractivity contribution in [1.29, 1.82) is 0 Å². The van der Waals surface area contributed by atoms with Crippen LogP contribution in [0.2, 0.25) is 0 Å². The summed E-state index contributed by atoms with van der Waals surface area (Å²) in [4.78, 5) is 0. The molecule has 0 rings (SSSR count). The molecule has 0 saturated heterocycles. The van der Waals surface area contributed by atoms with Gasteiger partial charge in [-0.25, -0.2) is 0 Å². The number of ether oxygens (including phenoxy) is 2. The maximum atomic E-state index is 5.88. The van der Waals surface area contributed by atoms with E-state index in [1.165, 1.54) is 0 Å². The molecule has 1 atom stereocenters. The maximum Gasteiger partial charge on any atom is 0.172 e. The van der Waals surface area contributed by atoms with Crippen molar-refractivity contribution >= 4 is 0 Å². The van der Waals surface area contributed by atoms with E-state index in [0.29, 0.717) is 19.1 Å². The first-order valence-electron chi connectivity index (χ1n) is 4.62. The van der Waals surface area contributed by atoms with Gasteiger partial charge in [-0.2, -0.15) is 0 Å². The molecular weight excluding hydrogens is 154 g/mol. The van der Waals surface area contributed by atoms with Gasteiger partial charge < -0.3 is 15.2 Å². The van der Waals surface area contributed by atoms with Crippen LogP contribution < -0.4 is 5.73 Å². The predicted octanol–water partition coefficient (Wildman–Crippen LogP) is 1.37. The van der Waals surface area contributed by atoms with E-state index in [9.17, 15) is 0 Å². The molecule has 0 unspecified atom stereocenters. The Labute approximate surface area is 75.2 Å². The molecule has 0 aliphatic carbocycles. The first kappa shape index (κ1) is 11.9. The summed E-state index contributed by atoms with van der Waals surface area (Å²) in [7, 11) is 0. The van der Waals surface area contributed by atoms with Crippen LogP contribution in [0.3, 0.4) is 0 Å². The highest BCUT2D eigenvalue weighted by Crippen LogP contribution is 2.08. The van der Waals surface area contributed by atoms with Crippen molar-refractivity contribution < 1.29 is 9.47 Å². The van der Waals surface area contributed by atoms with Gasteiger partial charge in [-0.1, -0.05) is 13.8 Å². The average Bonchev–Trinajstić information content (AvgIpc) is 2.03. The lowest BCUT2D eigenvalue weighted by atomic mass is 10.1. The van der Waals surface area contributed by atoms with Gasteiger partial charge in [-0.15, -0.1) is 0 Å². The fraction of sp³-hybridized carbons (Fsp3) is 1.00. The van der Waals surface area contributed by atoms with Crippen molar-refractivity contribution in [2.75, 3.05) is 13.2 Å². The normalized spacial score (nSPS) is 14.2. The standard InChI is InChI=1S/C9H21NO2/c1-5-11-9(12-6-2)8(10)7(3)4/h7-9H,5-6,10H2,1-4H3/t8-/m1/s1. The third-order valence-corrected chi connectivity index (χ3v) is 1.75. The SMILES string of the molecule is CCOC(OCC)[C@H](N)C(C)C. The fourth-order valence-corrected chi connectivity index (χ4v) is 0.913. The van der Waals surface area contributed by atoms with Gasteiger partial charge in [0.1, 0.15) is 0 Å². The van der Waals surface area contributed by atoms with Crippen LogP contribution in [0, 0.1) is 5.92 Å². The molecule has 0 radical (unpaired) electrons. The van der Waals surface area contributed by atoms with E-state index in [0.717, 1.165) is 0 Å². The molecule has 0 aromatic heterocycles. The van der Waals surface area contributed by atoms with Crippen molar-refractivity contribution in [1.82, 2.24) is 0 Å². The molecule has 0 aromatic carbocycles. The molecule has 0 heterocycles. The Morgan fingerprint density at radius 3 is 1.75 bits per heavy atom. The second kappa shape index (κ2) is 6.40. The quantitative estimate of drug-likeness (QED) is 0.620. The molecule has 0 aromatic rings. The third-order valence-electron chi connectivity index (χ3n) is 1.75. The van der Waals surface area contributed by atoms with Gasteiger partial charge in [0, 0.05) is 13.2 Å². The van der Waals surface area contributed by atoms with E-state index in [1.54, 1.807) is 0 Å². The van der Waals surface area contributed by atoms with Gasteiger partial charge in [0.25, 0.3) is 0 Å². The van der Waals surface area contributed by atoms with E-state index >= 15 is 0 Å². The van der Waals surface area contributed by atoms with Crippen molar-refractivity contribution in [2.45, 2.75) is 40.0 Å². The number of rotatable bonds is 6. The molecule has 0 amide bonds. The molecule has 0 saturated carbocycles. The second-order valence-corrected chi connectivity index (χ2v) is 3.10. The summed E-state index contributed by atoms with van der Waals surface area (Å²) in [6.07, 6.45) is -0.250. The summed E-state index contributed by atoms with van der Waals surface area (Å²) in [6, 6.07) is -0.0371. The Morgan fingerprint density at radius 2 is 1.50 bits per heavy atom. The van der Waals surface area contributed by atoms with E-state index < -0.39 is 0 Å². The largest absolute Gasteiger partial charge is 0.351 e.